The van der Waals surface area contributed by atoms with Gasteiger partial charge in [0, 0.05) is 36.9 Å². The fourth-order valence-corrected chi connectivity index (χ4v) is 3.78. The highest BCUT2D eigenvalue weighted by Crippen LogP contribution is 2.40. The Morgan fingerprint density at radius 2 is 1.85 bits per heavy atom. The van der Waals surface area contributed by atoms with Crippen LogP contribution in [0, 0.1) is 5.92 Å². The van der Waals surface area contributed by atoms with E-state index >= 15 is 0 Å². The van der Waals surface area contributed by atoms with Gasteiger partial charge in [-0.15, -0.1) is 0 Å². The predicted octanol–water partition coefficient (Wildman–Crippen LogP) is 4.13. The van der Waals surface area contributed by atoms with Gasteiger partial charge in [-0.3, -0.25) is 19.6 Å². The Hall–Kier alpha value is -4.00. The second-order valence-electron chi connectivity index (χ2n) is 8.30. The Labute approximate surface area is 192 Å². The normalized spacial score (nSPS) is 17.5. The van der Waals surface area contributed by atoms with Crippen LogP contribution >= 0.6 is 0 Å². The van der Waals surface area contributed by atoms with Crippen molar-refractivity contribution in [3.8, 4) is 5.75 Å². The average molecular weight is 444 g/mol. The SMILES string of the molecule is CC(C)COc1cccc(/C(O)=C2/C(=O)C(=O)N(Cc3cccnc3)C2c2ccncc2)c1. The molecule has 1 unspecified atom stereocenters. The van der Waals surface area contributed by atoms with Crippen molar-refractivity contribution in [1.29, 1.82) is 0 Å². The average Bonchev–Trinajstić information content (AvgIpc) is 3.08. The van der Waals surface area contributed by atoms with Crippen molar-refractivity contribution in [2.24, 2.45) is 5.92 Å². The Balaban J connectivity index is 1.78. The Morgan fingerprint density at radius 3 is 2.55 bits per heavy atom. The topological polar surface area (TPSA) is 92.6 Å². The minimum absolute atomic E-state index is 0.0381. The van der Waals surface area contributed by atoms with E-state index in [1.165, 1.54) is 4.90 Å². The number of likely N-dealkylation sites (tertiary alicyclic amines) is 1. The molecule has 1 amide bonds. The molecule has 1 atom stereocenters. The maximum atomic E-state index is 13.1. The van der Waals surface area contributed by atoms with E-state index in [9.17, 15) is 14.7 Å². The number of hydrogen-bond donors (Lipinski definition) is 1. The zero-order valence-electron chi connectivity index (χ0n) is 18.5. The summed E-state index contributed by atoms with van der Waals surface area (Å²) < 4.78 is 5.77. The van der Waals surface area contributed by atoms with Crippen molar-refractivity contribution >= 4 is 17.4 Å². The number of rotatable bonds is 7. The fraction of sp³-hybridized carbons (Fsp3) is 0.231. The maximum Gasteiger partial charge on any atom is 0.295 e. The number of benzene rings is 1. The molecular formula is C26H25N3O4. The molecule has 0 spiro atoms. The molecule has 168 valence electrons. The van der Waals surface area contributed by atoms with Crippen LogP contribution in [-0.2, 0) is 16.1 Å². The van der Waals surface area contributed by atoms with Crippen molar-refractivity contribution in [3.05, 3.63) is 95.6 Å². The monoisotopic (exact) mass is 443 g/mol. The van der Waals surface area contributed by atoms with Gasteiger partial charge in [-0.25, -0.2) is 0 Å². The minimum Gasteiger partial charge on any atom is -0.507 e. The van der Waals surface area contributed by atoms with Crippen molar-refractivity contribution in [3.63, 3.8) is 0 Å². The number of aromatic nitrogens is 2. The summed E-state index contributed by atoms with van der Waals surface area (Å²) in [4.78, 5) is 35.8. The molecule has 1 aliphatic heterocycles. The van der Waals surface area contributed by atoms with Gasteiger partial charge in [0.1, 0.15) is 11.5 Å². The Kier molecular flexibility index (Phi) is 6.49. The molecule has 4 rings (SSSR count). The molecule has 0 saturated carbocycles. The number of carbonyl (C=O) groups is 2. The van der Waals surface area contributed by atoms with Crippen LogP contribution in [0.4, 0.5) is 0 Å². The van der Waals surface area contributed by atoms with Crippen LogP contribution in [0.2, 0.25) is 0 Å². The van der Waals surface area contributed by atoms with E-state index in [0.717, 1.165) is 5.56 Å². The highest BCUT2D eigenvalue weighted by molar-refractivity contribution is 6.46. The van der Waals surface area contributed by atoms with E-state index in [-0.39, 0.29) is 17.9 Å². The summed E-state index contributed by atoms with van der Waals surface area (Å²) in [6, 6.07) is 13.2. The molecule has 3 heterocycles. The molecule has 1 saturated heterocycles. The summed E-state index contributed by atoms with van der Waals surface area (Å²) >= 11 is 0. The molecule has 3 aromatic rings. The van der Waals surface area contributed by atoms with E-state index in [1.807, 2.05) is 19.9 Å². The lowest BCUT2D eigenvalue weighted by atomic mass is 9.96. The number of ether oxygens (including phenoxy) is 1. The number of aliphatic hydroxyl groups is 1. The third kappa shape index (κ3) is 4.77. The van der Waals surface area contributed by atoms with Gasteiger partial charge in [0.2, 0.25) is 0 Å². The lowest BCUT2D eigenvalue weighted by molar-refractivity contribution is -0.140. The summed E-state index contributed by atoms with van der Waals surface area (Å²) in [7, 11) is 0. The first-order valence-electron chi connectivity index (χ1n) is 10.8. The van der Waals surface area contributed by atoms with Crippen LogP contribution in [-0.4, -0.2) is 38.3 Å². The summed E-state index contributed by atoms with van der Waals surface area (Å²) in [5.74, 6) is -0.718. The number of nitrogens with zero attached hydrogens (tertiary/aromatic N) is 3. The highest BCUT2D eigenvalue weighted by Gasteiger charge is 2.46. The number of hydrogen-bond acceptors (Lipinski definition) is 6. The number of Topliss-reactive ketones (excluding diaryl/α,β-unsaturated/α-hetero) is 1. The third-order valence-corrected chi connectivity index (χ3v) is 5.33. The standard InChI is InChI=1S/C26H25N3O4/c1-17(2)16-33-21-7-3-6-20(13-21)24(30)22-23(19-8-11-27-12-9-19)29(26(32)25(22)31)15-18-5-4-10-28-14-18/h3-14,17,23,30H,15-16H2,1-2H3/b24-22-. The lowest BCUT2D eigenvalue weighted by Gasteiger charge is -2.25. The molecule has 1 N–H and O–H groups in total. The Morgan fingerprint density at radius 1 is 1.06 bits per heavy atom. The van der Waals surface area contributed by atoms with Crippen LogP contribution in [0.5, 0.6) is 5.75 Å². The summed E-state index contributed by atoms with van der Waals surface area (Å²) in [5, 5.41) is 11.2. The minimum atomic E-state index is -0.756. The predicted molar refractivity (Wildman–Crippen MR) is 123 cm³/mol. The highest BCUT2D eigenvalue weighted by atomic mass is 16.5. The van der Waals surface area contributed by atoms with Gasteiger partial charge in [0.05, 0.1) is 18.2 Å². The van der Waals surface area contributed by atoms with Gasteiger partial charge >= 0.3 is 0 Å². The zero-order chi connectivity index (χ0) is 23.4. The number of ketones is 1. The number of pyridine rings is 2. The smallest absolute Gasteiger partial charge is 0.295 e. The molecule has 0 radical (unpaired) electrons. The number of amides is 1. The number of aliphatic hydroxyl groups excluding tert-OH is 1. The van der Waals surface area contributed by atoms with Crippen LogP contribution in [0.25, 0.3) is 5.76 Å². The molecule has 33 heavy (non-hydrogen) atoms. The van der Waals surface area contributed by atoms with Gasteiger partial charge in [0.15, 0.2) is 0 Å². The van der Waals surface area contributed by atoms with Crippen molar-refractivity contribution < 1.29 is 19.4 Å². The van der Waals surface area contributed by atoms with Crippen molar-refractivity contribution in [2.45, 2.75) is 26.4 Å². The van der Waals surface area contributed by atoms with Gasteiger partial charge in [-0.05, 0) is 47.4 Å². The molecule has 1 aliphatic rings. The second-order valence-corrected chi connectivity index (χ2v) is 8.30. The molecule has 1 aromatic carbocycles. The van der Waals surface area contributed by atoms with Crippen LogP contribution in [0.15, 0.2) is 78.9 Å². The Bertz CT molecular complexity index is 1180. The van der Waals surface area contributed by atoms with Crippen LogP contribution in [0.3, 0.4) is 0 Å². The second kappa shape index (κ2) is 9.65. The summed E-state index contributed by atoms with van der Waals surface area (Å²) in [5.41, 5.74) is 1.91. The summed E-state index contributed by atoms with van der Waals surface area (Å²) in [6.45, 7) is 4.79. The first kappa shape index (κ1) is 22.2. The molecule has 0 bridgehead atoms. The fourth-order valence-electron chi connectivity index (χ4n) is 3.78. The van der Waals surface area contributed by atoms with Gasteiger partial charge < -0.3 is 14.7 Å². The van der Waals surface area contributed by atoms with Crippen molar-refractivity contribution in [2.75, 3.05) is 6.61 Å². The molecule has 7 heteroatoms. The molecule has 0 aliphatic carbocycles. The third-order valence-electron chi connectivity index (χ3n) is 5.33. The van der Waals surface area contributed by atoms with E-state index in [1.54, 1.807) is 67.3 Å². The van der Waals surface area contributed by atoms with Gasteiger partial charge in [-0.2, -0.15) is 0 Å². The molecule has 7 nitrogen and oxygen atoms in total. The van der Waals surface area contributed by atoms with E-state index in [4.69, 9.17) is 4.74 Å². The van der Waals surface area contributed by atoms with Crippen molar-refractivity contribution in [1.82, 2.24) is 14.9 Å². The van der Waals surface area contributed by atoms with E-state index < -0.39 is 17.7 Å². The lowest BCUT2D eigenvalue weighted by Crippen LogP contribution is -2.29. The first-order valence-corrected chi connectivity index (χ1v) is 10.8. The van der Waals surface area contributed by atoms with Crippen LogP contribution < -0.4 is 4.74 Å². The van der Waals surface area contributed by atoms with Crippen LogP contribution in [0.1, 0.15) is 36.6 Å². The molecule has 2 aromatic heterocycles. The van der Waals surface area contributed by atoms with Gasteiger partial charge in [-0.1, -0.05) is 32.0 Å². The zero-order valence-corrected chi connectivity index (χ0v) is 18.5. The molecule has 1 fully saturated rings. The van der Waals surface area contributed by atoms with E-state index in [0.29, 0.717) is 29.4 Å². The largest absolute Gasteiger partial charge is 0.507 e. The first-order chi connectivity index (χ1) is 16.0. The quantitative estimate of drug-likeness (QED) is 0.335. The van der Waals surface area contributed by atoms with Gasteiger partial charge in [0.25, 0.3) is 11.7 Å². The number of carbonyl (C=O) groups excluding carboxylic acids is 2. The molecular weight excluding hydrogens is 418 g/mol. The summed E-state index contributed by atoms with van der Waals surface area (Å²) in [6.07, 6.45) is 6.49. The van der Waals surface area contributed by atoms with E-state index in [2.05, 4.69) is 9.97 Å². The maximum absolute atomic E-state index is 13.1.